The third-order valence-electron chi connectivity index (χ3n) is 3.12. The fourth-order valence-electron chi connectivity index (χ4n) is 2.03. The van der Waals surface area contributed by atoms with Crippen LogP contribution < -0.4 is 0 Å². The van der Waals surface area contributed by atoms with Gasteiger partial charge in [0.2, 0.25) is 0 Å². The van der Waals surface area contributed by atoms with Crippen LogP contribution in [0.5, 0.6) is 0 Å². The number of hydrogen-bond donors (Lipinski definition) is 1. The van der Waals surface area contributed by atoms with E-state index in [4.69, 9.17) is 4.74 Å². The van der Waals surface area contributed by atoms with Crippen molar-refractivity contribution in [2.24, 2.45) is 0 Å². The Kier molecular flexibility index (Phi) is 4.91. The van der Waals surface area contributed by atoms with Gasteiger partial charge in [0, 0.05) is 12.7 Å². The second-order valence-corrected chi connectivity index (χ2v) is 5.33. The summed E-state index contributed by atoms with van der Waals surface area (Å²) < 4.78 is 21.4. The third-order valence-corrected chi connectivity index (χ3v) is 3.73. The van der Waals surface area contributed by atoms with E-state index in [1.807, 2.05) is 0 Å². The number of rotatable bonds is 5. The lowest BCUT2D eigenvalue weighted by Gasteiger charge is -2.16. The molecule has 1 heterocycles. The molecule has 2 aromatic rings. The van der Waals surface area contributed by atoms with Crippen LogP contribution in [0.3, 0.4) is 0 Å². The molecule has 1 aromatic carbocycles. The van der Waals surface area contributed by atoms with E-state index in [0.717, 1.165) is 0 Å². The standard InChI is InChI=1S/C14H16BrFN2O2/c1-9-4-3-5-10(12(9)16)14(19)13-11(15)8-17-18(13)6-7-20-2/h3-5,8,14,19H,6-7H2,1-2H3. The monoisotopic (exact) mass is 342 g/mol. The van der Waals surface area contributed by atoms with Gasteiger partial charge in [0.1, 0.15) is 11.9 Å². The van der Waals surface area contributed by atoms with Crippen LogP contribution in [0.4, 0.5) is 4.39 Å². The highest BCUT2D eigenvalue weighted by Gasteiger charge is 2.22. The molecular weight excluding hydrogens is 327 g/mol. The van der Waals surface area contributed by atoms with Gasteiger partial charge in [-0.15, -0.1) is 0 Å². The van der Waals surface area contributed by atoms with Crippen LogP contribution in [0.15, 0.2) is 28.9 Å². The van der Waals surface area contributed by atoms with Crippen molar-refractivity contribution in [3.05, 3.63) is 51.5 Å². The average Bonchev–Trinajstić information content (AvgIpc) is 2.80. The van der Waals surface area contributed by atoms with Crippen LogP contribution in [0.2, 0.25) is 0 Å². The number of methoxy groups -OCH3 is 1. The molecule has 4 nitrogen and oxygen atoms in total. The first-order chi connectivity index (χ1) is 9.56. The van der Waals surface area contributed by atoms with Crippen molar-refractivity contribution in [2.45, 2.75) is 19.6 Å². The molecule has 0 fully saturated rings. The molecule has 0 spiro atoms. The van der Waals surface area contributed by atoms with E-state index in [9.17, 15) is 9.50 Å². The topological polar surface area (TPSA) is 47.3 Å². The maximum Gasteiger partial charge on any atom is 0.132 e. The van der Waals surface area contributed by atoms with Crippen LogP contribution in [0.1, 0.15) is 22.9 Å². The predicted molar refractivity (Wildman–Crippen MR) is 77.0 cm³/mol. The van der Waals surface area contributed by atoms with E-state index in [0.29, 0.717) is 28.9 Å². The molecule has 1 atom stereocenters. The minimum atomic E-state index is -1.08. The third kappa shape index (κ3) is 2.92. The maximum absolute atomic E-state index is 14.1. The molecule has 20 heavy (non-hydrogen) atoms. The van der Waals surface area contributed by atoms with E-state index in [1.54, 1.807) is 43.1 Å². The SMILES string of the molecule is COCCn1ncc(Br)c1C(O)c1cccc(C)c1F. The van der Waals surface area contributed by atoms with Crippen LogP contribution in [0.25, 0.3) is 0 Å². The molecule has 2 rings (SSSR count). The predicted octanol–water partition coefficient (Wildman–Crippen LogP) is 2.82. The molecule has 1 unspecified atom stereocenters. The summed E-state index contributed by atoms with van der Waals surface area (Å²) in [6.45, 7) is 2.62. The summed E-state index contributed by atoms with van der Waals surface area (Å²) in [6, 6.07) is 4.97. The minimum Gasteiger partial charge on any atom is -0.383 e. The van der Waals surface area contributed by atoms with E-state index in [1.165, 1.54) is 0 Å². The summed E-state index contributed by atoms with van der Waals surface area (Å²) in [5.74, 6) is -0.397. The Labute approximate surface area is 125 Å². The summed E-state index contributed by atoms with van der Waals surface area (Å²) >= 11 is 3.34. The Bertz CT molecular complexity index is 601. The van der Waals surface area contributed by atoms with Crippen LogP contribution >= 0.6 is 15.9 Å². The lowest BCUT2D eigenvalue weighted by Crippen LogP contribution is -2.14. The number of aromatic nitrogens is 2. The lowest BCUT2D eigenvalue weighted by molar-refractivity contribution is 0.169. The summed E-state index contributed by atoms with van der Waals surface area (Å²) in [5.41, 5.74) is 1.26. The molecule has 1 N–H and O–H groups in total. The number of nitrogens with zero attached hydrogens (tertiary/aromatic N) is 2. The zero-order chi connectivity index (χ0) is 14.7. The number of ether oxygens (including phenoxy) is 1. The highest BCUT2D eigenvalue weighted by atomic mass is 79.9. The number of halogens is 2. The number of benzene rings is 1. The first-order valence-corrected chi connectivity index (χ1v) is 6.98. The number of hydrogen-bond acceptors (Lipinski definition) is 3. The zero-order valence-corrected chi connectivity index (χ0v) is 12.9. The van der Waals surface area contributed by atoms with Crippen molar-refractivity contribution in [3.63, 3.8) is 0 Å². The van der Waals surface area contributed by atoms with Crippen molar-refractivity contribution < 1.29 is 14.2 Å². The van der Waals surface area contributed by atoms with Gasteiger partial charge in [0.15, 0.2) is 0 Å². The highest BCUT2D eigenvalue weighted by molar-refractivity contribution is 9.10. The van der Waals surface area contributed by atoms with Crippen molar-refractivity contribution in [3.8, 4) is 0 Å². The van der Waals surface area contributed by atoms with Gasteiger partial charge in [-0.2, -0.15) is 5.10 Å². The van der Waals surface area contributed by atoms with Crippen LogP contribution in [-0.2, 0) is 11.3 Å². The van der Waals surface area contributed by atoms with Gasteiger partial charge in [-0.1, -0.05) is 18.2 Å². The molecule has 0 amide bonds. The fourth-order valence-corrected chi connectivity index (χ4v) is 2.54. The van der Waals surface area contributed by atoms with Gasteiger partial charge in [0.25, 0.3) is 0 Å². The minimum absolute atomic E-state index is 0.241. The summed E-state index contributed by atoms with van der Waals surface area (Å²) in [5, 5.41) is 14.6. The summed E-state index contributed by atoms with van der Waals surface area (Å²) in [6.07, 6.45) is 0.505. The molecule has 0 saturated carbocycles. The van der Waals surface area contributed by atoms with Gasteiger partial charge in [-0.3, -0.25) is 4.68 Å². The molecule has 0 bridgehead atoms. The summed E-state index contributed by atoms with van der Waals surface area (Å²) in [4.78, 5) is 0. The largest absolute Gasteiger partial charge is 0.383 e. The summed E-state index contributed by atoms with van der Waals surface area (Å²) in [7, 11) is 1.59. The molecule has 0 radical (unpaired) electrons. The second kappa shape index (κ2) is 6.47. The normalized spacial score (nSPS) is 12.7. The van der Waals surface area contributed by atoms with Crippen LogP contribution in [0, 0.1) is 12.7 Å². The smallest absolute Gasteiger partial charge is 0.132 e. The molecule has 0 aliphatic heterocycles. The number of aryl methyl sites for hydroxylation is 1. The Morgan fingerprint density at radius 2 is 2.25 bits per heavy atom. The van der Waals surface area contributed by atoms with Gasteiger partial charge in [0.05, 0.1) is 29.5 Å². The maximum atomic E-state index is 14.1. The van der Waals surface area contributed by atoms with Gasteiger partial charge < -0.3 is 9.84 Å². The average molecular weight is 343 g/mol. The molecule has 6 heteroatoms. The molecule has 0 saturated heterocycles. The van der Waals surface area contributed by atoms with Crippen molar-refractivity contribution >= 4 is 15.9 Å². The Balaban J connectivity index is 2.40. The molecule has 1 aromatic heterocycles. The first-order valence-electron chi connectivity index (χ1n) is 6.19. The van der Waals surface area contributed by atoms with E-state index in [-0.39, 0.29) is 5.56 Å². The van der Waals surface area contributed by atoms with E-state index in [2.05, 4.69) is 21.0 Å². The number of aliphatic hydroxyl groups is 1. The quantitative estimate of drug-likeness (QED) is 0.908. The lowest BCUT2D eigenvalue weighted by atomic mass is 10.0. The van der Waals surface area contributed by atoms with Crippen LogP contribution in [-0.4, -0.2) is 28.6 Å². The molecule has 0 aliphatic rings. The van der Waals surface area contributed by atoms with E-state index >= 15 is 0 Å². The first kappa shape index (κ1) is 15.2. The van der Waals surface area contributed by atoms with E-state index < -0.39 is 11.9 Å². The molecular formula is C14H16BrFN2O2. The molecule has 108 valence electrons. The van der Waals surface area contributed by atoms with Crippen molar-refractivity contribution in [1.82, 2.24) is 9.78 Å². The highest BCUT2D eigenvalue weighted by Crippen LogP contribution is 2.30. The van der Waals surface area contributed by atoms with Gasteiger partial charge in [-0.05, 0) is 28.4 Å². The van der Waals surface area contributed by atoms with Crippen molar-refractivity contribution in [2.75, 3.05) is 13.7 Å². The molecule has 0 aliphatic carbocycles. The van der Waals surface area contributed by atoms with Gasteiger partial charge in [-0.25, -0.2) is 4.39 Å². The zero-order valence-electron chi connectivity index (χ0n) is 11.3. The second-order valence-electron chi connectivity index (χ2n) is 4.47. The van der Waals surface area contributed by atoms with Gasteiger partial charge >= 0.3 is 0 Å². The Morgan fingerprint density at radius 1 is 1.50 bits per heavy atom. The Hall–Kier alpha value is -1.24. The fraction of sp³-hybridized carbons (Fsp3) is 0.357. The van der Waals surface area contributed by atoms with Crippen molar-refractivity contribution in [1.29, 1.82) is 0 Å². The number of aliphatic hydroxyl groups excluding tert-OH is 1. The Morgan fingerprint density at radius 3 is 2.95 bits per heavy atom.